The number of nitrogens with one attached hydrogen (secondary N) is 1. The van der Waals surface area contributed by atoms with Gasteiger partial charge in [-0.2, -0.15) is 0 Å². The number of rotatable bonds is 5. The molecule has 0 amide bonds. The molecule has 0 atom stereocenters. The van der Waals surface area contributed by atoms with Gasteiger partial charge >= 0.3 is 0 Å². The number of hydrogen-bond donors (Lipinski definition) is 1. The Hall–Kier alpha value is -1.49. The minimum absolute atomic E-state index is 0.864. The maximum atomic E-state index is 5.16. The van der Waals surface area contributed by atoms with Gasteiger partial charge in [-0.1, -0.05) is 6.07 Å². The standard InChI is InChI=1S/C12H16N2/c1-3-4-5-6-10-13-12-9-7-8-11(2)14-12/h1,7-9H,4-6,10H2,2H3,(H,13,14). The van der Waals surface area contributed by atoms with Crippen molar-refractivity contribution in [3.63, 3.8) is 0 Å². The van der Waals surface area contributed by atoms with Crippen molar-refractivity contribution in [2.45, 2.75) is 26.2 Å². The molecule has 1 N–H and O–H groups in total. The van der Waals surface area contributed by atoms with Crippen LogP contribution in [0.2, 0.25) is 0 Å². The van der Waals surface area contributed by atoms with Crippen molar-refractivity contribution in [2.24, 2.45) is 0 Å². The lowest BCUT2D eigenvalue weighted by Gasteiger charge is -2.04. The largest absolute Gasteiger partial charge is 0.370 e. The molecular formula is C12H16N2. The van der Waals surface area contributed by atoms with Crippen molar-refractivity contribution >= 4 is 5.82 Å². The fraction of sp³-hybridized carbons (Fsp3) is 0.417. The van der Waals surface area contributed by atoms with E-state index in [1.165, 1.54) is 0 Å². The summed E-state index contributed by atoms with van der Waals surface area (Å²) in [5, 5.41) is 3.26. The lowest BCUT2D eigenvalue weighted by Crippen LogP contribution is -2.03. The fourth-order valence-corrected chi connectivity index (χ4v) is 1.21. The van der Waals surface area contributed by atoms with Crippen LogP contribution in [-0.2, 0) is 0 Å². The zero-order chi connectivity index (χ0) is 10.2. The first-order valence-electron chi connectivity index (χ1n) is 4.94. The van der Waals surface area contributed by atoms with Crippen molar-refractivity contribution < 1.29 is 0 Å². The number of hydrogen-bond acceptors (Lipinski definition) is 2. The van der Waals surface area contributed by atoms with Crippen molar-refractivity contribution in [3.05, 3.63) is 23.9 Å². The predicted octanol–water partition coefficient (Wildman–Crippen LogP) is 2.61. The quantitative estimate of drug-likeness (QED) is 0.567. The first-order chi connectivity index (χ1) is 6.83. The van der Waals surface area contributed by atoms with Crippen molar-refractivity contribution in [2.75, 3.05) is 11.9 Å². The first-order valence-corrected chi connectivity index (χ1v) is 4.94. The maximum absolute atomic E-state index is 5.16. The van der Waals surface area contributed by atoms with Crippen LogP contribution < -0.4 is 5.32 Å². The second-order valence-corrected chi connectivity index (χ2v) is 3.25. The van der Waals surface area contributed by atoms with Gasteiger partial charge in [0.1, 0.15) is 5.82 Å². The van der Waals surface area contributed by atoms with Gasteiger partial charge < -0.3 is 5.32 Å². The van der Waals surface area contributed by atoms with Crippen LogP contribution in [0.1, 0.15) is 25.0 Å². The summed E-state index contributed by atoms with van der Waals surface area (Å²) in [5.74, 6) is 3.58. The van der Waals surface area contributed by atoms with Gasteiger partial charge in [-0.05, 0) is 31.9 Å². The summed E-state index contributed by atoms with van der Waals surface area (Å²) in [6.45, 7) is 2.93. The van der Waals surface area contributed by atoms with E-state index in [0.717, 1.165) is 37.3 Å². The minimum Gasteiger partial charge on any atom is -0.370 e. The average molecular weight is 188 g/mol. The molecule has 0 saturated carbocycles. The lowest BCUT2D eigenvalue weighted by molar-refractivity contribution is 0.787. The van der Waals surface area contributed by atoms with Crippen LogP contribution in [0.25, 0.3) is 0 Å². The van der Waals surface area contributed by atoms with E-state index in [0.29, 0.717) is 0 Å². The third-order valence-electron chi connectivity index (χ3n) is 1.94. The summed E-state index contributed by atoms with van der Waals surface area (Å²) in [7, 11) is 0. The molecule has 1 heterocycles. The Bertz CT molecular complexity index is 312. The van der Waals surface area contributed by atoms with Crippen LogP contribution in [0.4, 0.5) is 5.82 Å². The van der Waals surface area contributed by atoms with Gasteiger partial charge in [0.15, 0.2) is 0 Å². The number of nitrogens with zero attached hydrogens (tertiary/aromatic N) is 1. The second kappa shape index (κ2) is 6.04. The average Bonchev–Trinajstić information content (AvgIpc) is 2.18. The lowest BCUT2D eigenvalue weighted by atomic mass is 10.2. The molecule has 1 aromatic rings. The topological polar surface area (TPSA) is 24.9 Å². The molecule has 1 rings (SSSR count). The molecule has 0 aliphatic heterocycles. The van der Waals surface area contributed by atoms with Gasteiger partial charge in [-0.15, -0.1) is 12.3 Å². The molecule has 74 valence electrons. The number of unbranched alkanes of at least 4 members (excludes halogenated alkanes) is 2. The van der Waals surface area contributed by atoms with Gasteiger partial charge in [-0.25, -0.2) is 4.98 Å². The normalized spacial score (nSPS) is 9.43. The summed E-state index contributed by atoms with van der Waals surface area (Å²) in [4.78, 5) is 4.34. The van der Waals surface area contributed by atoms with E-state index in [9.17, 15) is 0 Å². The number of terminal acetylenes is 1. The summed E-state index contributed by atoms with van der Waals surface area (Å²) in [5.41, 5.74) is 1.04. The summed E-state index contributed by atoms with van der Waals surface area (Å²) < 4.78 is 0. The van der Waals surface area contributed by atoms with Crippen LogP contribution >= 0.6 is 0 Å². The smallest absolute Gasteiger partial charge is 0.126 e. The molecule has 0 saturated heterocycles. The Morgan fingerprint density at radius 3 is 3.00 bits per heavy atom. The van der Waals surface area contributed by atoms with E-state index >= 15 is 0 Å². The number of aryl methyl sites for hydroxylation is 1. The van der Waals surface area contributed by atoms with Gasteiger partial charge in [-0.3, -0.25) is 0 Å². The number of pyridine rings is 1. The van der Waals surface area contributed by atoms with Crippen molar-refractivity contribution in [1.82, 2.24) is 4.98 Å². The zero-order valence-corrected chi connectivity index (χ0v) is 8.59. The van der Waals surface area contributed by atoms with E-state index < -0.39 is 0 Å². The van der Waals surface area contributed by atoms with Crippen molar-refractivity contribution in [3.8, 4) is 12.3 Å². The number of aromatic nitrogens is 1. The highest BCUT2D eigenvalue weighted by atomic mass is 15.0. The second-order valence-electron chi connectivity index (χ2n) is 3.25. The molecule has 1 aromatic heterocycles. The Labute approximate surface area is 85.8 Å². The Morgan fingerprint density at radius 1 is 1.43 bits per heavy atom. The Balaban J connectivity index is 2.22. The predicted molar refractivity (Wildman–Crippen MR) is 60.1 cm³/mol. The van der Waals surface area contributed by atoms with Gasteiger partial charge in [0.05, 0.1) is 0 Å². The Kier molecular flexibility index (Phi) is 4.57. The molecule has 2 nitrogen and oxygen atoms in total. The summed E-state index contributed by atoms with van der Waals surface area (Å²) in [6, 6.07) is 5.98. The maximum Gasteiger partial charge on any atom is 0.126 e. The van der Waals surface area contributed by atoms with E-state index in [1.54, 1.807) is 0 Å². The third kappa shape index (κ3) is 3.95. The molecule has 0 spiro atoms. The molecule has 0 radical (unpaired) electrons. The molecule has 0 aliphatic rings. The van der Waals surface area contributed by atoms with Crippen LogP contribution in [0.3, 0.4) is 0 Å². The van der Waals surface area contributed by atoms with E-state index in [-0.39, 0.29) is 0 Å². The van der Waals surface area contributed by atoms with Gasteiger partial charge in [0, 0.05) is 18.7 Å². The van der Waals surface area contributed by atoms with Crippen LogP contribution in [0.15, 0.2) is 18.2 Å². The first kappa shape index (κ1) is 10.6. The molecule has 0 bridgehead atoms. The highest BCUT2D eigenvalue weighted by Gasteiger charge is 1.92. The van der Waals surface area contributed by atoms with E-state index in [4.69, 9.17) is 6.42 Å². The van der Waals surface area contributed by atoms with E-state index in [1.807, 2.05) is 25.1 Å². The SMILES string of the molecule is C#CCCCCNc1cccc(C)n1. The highest BCUT2D eigenvalue weighted by molar-refractivity contribution is 5.34. The van der Waals surface area contributed by atoms with Gasteiger partial charge in [0.2, 0.25) is 0 Å². The van der Waals surface area contributed by atoms with Crippen molar-refractivity contribution in [1.29, 1.82) is 0 Å². The fourth-order valence-electron chi connectivity index (χ4n) is 1.21. The minimum atomic E-state index is 0.864. The molecule has 2 heteroatoms. The van der Waals surface area contributed by atoms with E-state index in [2.05, 4.69) is 16.2 Å². The van der Waals surface area contributed by atoms with Crippen LogP contribution in [-0.4, -0.2) is 11.5 Å². The summed E-state index contributed by atoms with van der Waals surface area (Å²) in [6.07, 6.45) is 8.20. The molecule has 0 fully saturated rings. The monoisotopic (exact) mass is 188 g/mol. The molecular weight excluding hydrogens is 172 g/mol. The molecule has 0 aliphatic carbocycles. The molecule has 0 unspecified atom stereocenters. The number of anilines is 1. The third-order valence-corrected chi connectivity index (χ3v) is 1.94. The van der Waals surface area contributed by atoms with Crippen LogP contribution in [0.5, 0.6) is 0 Å². The molecule has 14 heavy (non-hydrogen) atoms. The Morgan fingerprint density at radius 2 is 2.29 bits per heavy atom. The van der Waals surface area contributed by atoms with Gasteiger partial charge in [0.25, 0.3) is 0 Å². The van der Waals surface area contributed by atoms with Crippen LogP contribution in [0, 0.1) is 19.3 Å². The summed E-state index contributed by atoms with van der Waals surface area (Å²) >= 11 is 0. The molecule has 0 aromatic carbocycles. The highest BCUT2D eigenvalue weighted by Crippen LogP contribution is 2.04. The zero-order valence-electron chi connectivity index (χ0n) is 8.59.